The van der Waals surface area contributed by atoms with Gasteiger partial charge >= 0.3 is 0 Å². The van der Waals surface area contributed by atoms with E-state index in [1.54, 1.807) is 24.8 Å². The van der Waals surface area contributed by atoms with Crippen LogP contribution >= 0.6 is 50.9 Å². The molecule has 5 heteroatoms. The molecule has 2 rings (SSSR count). The summed E-state index contributed by atoms with van der Waals surface area (Å²) in [7, 11) is 0. The summed E-state index contributed by atoms with van der Waals surface area (Å²) in [6.07, 6.45) is 0. The van der Waals surface area contributed by atoms with E-state index in [4.69, 9.17) is 23.2 Å². The van der Waals surface area contributed by atoms with Crippen molar-refractivity contribution in [3.05, 3.63) is 56.5 Å². The molecule has 0 unspecified atom stereocenters. The number of carbonyl (C=O) groups excluding carboxylic acids is 1. The SMILES string of the molecule is CC(=O)c1ccc(Sc2ccc(Cl)c(Cl)c2)c(Br)c1. The minimum atomic E-state index is 0.0480. The first kappa shape index (κ1) is 14.9. The van der Waals surface area contributed by atoms with Gasteiger partial charge in [-0.1, -0.05) is 41.0 Å². The molecular weight excluding hydrogens is 367 g/mol. The van der Waals surface area contributed by atoms with Gasteiger partial charge in [0, 0.05) is 19.8 Å². The Morgan fingerprint density at radius 3 is 2.42 bits per heavy atom. The van der Waals surface area contributed by atoms with Crippen LogP contribution in [0.25, 0.3) is 0 Å². The first-order valence-electron chi connectivity index (χ1n) is 5.41. The Bertz CT molecular complexity index is 643. The van der Waals surface area contributed by atoms with Crippen LogP contribution in [0.4, 0.5) is 0 Å². The summed E-state index contributed by atoms with van der Waals surface area (Å²) in [5.41, 5.74) is 0.686. The number of benzene rings is 2. The lowest BCUT2D eigenvalue weighted by Gasteiger charge is -2.07. The third-order valence-electron chi connectivity index (χ3n) is 2.46. The molecule has 0 saturated carbocycles. The van der Waals surface area contributed by atoms with Crippen LogP contribution in [-0.4, -0.2) is 5.78 Å². The number of hydrogen-bond donors (Lipinski definition) is 0. The van der Waals surface area contributed by atoms with Gasteiger partial charge in [-0.2, -0.15) is 0 Å². The second-order valence-electron chi connectivity index (χ2n) is 3.88. The van der Waals surface area contributed by atoms with Gasteiger partial charge in [0.05, 0.1) is 10.0 Å². The van der Waals surface area contributed by atoms with Crippen molar-refractivity contribution in [1.82, 2.24) is 0 Å². The Morgan fingerprint density at radius 1 is 1.11 bits per heavy atom. The third kappa shape index (κ3) is 3.76. The maximum Gasteiger partial charge on any atom is 0.159 e. The topological polar surface area (TPSA) is 17.1 Å². The zero-order valence-corrected chi connectivity index (χ0v) is 13.8. The maximum absolute atomic E-state index is 11.3. The fourth-order valence-corrected chi connectivity index (χ4v) is 3.31. The van der Waals surface area contributed by atoms with Crippen molar-refractivity contribution in [3.8, 4) is 0 Å². The molecule has 0 bridgehead atoms. The molecule has 2 aromatic rings. The maximum atomic E-state index is 11.3. The zero-order chi connectivity index (χ0) is 14.0. The Hall–Kier alpha value is -0.480. The van der Waals surface area contributed by atoms with E-state index in [2.05, 4.69) is 15.9 Å². The van der Waals surface area contributed by atoms with Gasteiger partial charge in [-0.15, -0.1) is 0 Å². The number of Topliss-reactive ketones (excluding diaryl/α,β-unsaturated/α-hetero) is 1. The standard InChI is InChI=1S/C14H9BrCl2OS/c1-8(18)9-2-5-14(11(15)6-9)19-10-3-4-12(16)13(17)7-10/h2-7H,1H3. The Balaban J connectivity index is 2.28. The molecule has 0 aromatic heterocycles. The molecule has 0 spiro atoms. The Morgan fingerprint density at radius 2 is 1.84 bits per heavy atom. The van der Waals surface area contributed by atoms with Gasteiger partial charge in [0.25, 0.3) is 0 Å². The highest BCUT2D eigenvalue weighted by molar-refractivity contribution is 9.10. The number of carbonyl (C=O) groups is 1. The van der Waals surface area contributed by atoms with Crippen molar-refractivity contribution in [1.29, 1.82) is 0 Å². The van der Waals surface area contributed by atoms with Crippen LogP contribution < -0.4 is 0 Å². The van der Waals surface area contributed by atoms with Gasteiger partial charge in [0.15, 0.2) is 5.78 Å². The predicted molar refractivity (Wildman–Crippen MR) is 84.7 cm³/mol. The van der Waals surface area contributed by atoms with Crippen molar-refractivity contribution >= 4 is 56.7 Å². The van der Waals surface area contributed by atoms with Crippen molar-refractivity contribution < 1.29 is 4.79 Å². The van der Waals surface area contributed by atoms with E-state index in [9.17, 15) is 4.79 Å². The van der Waals surface area contributed by atoms with Gasteiger partial charge in [-0.3, -0.25) is 4.79 Å². The quantitative estimate of drug-likeness (QED) is 0.602. The van der Waals surface area contributed by atoms with Crippen molar-refractivity contribution in [2.45, 2.75) is 16.7 Å². The van der Waals surface area contributed by atoms with E-state index >= 15 is 0 Å². The van der Waals surface area contributed by atoms with Crippen molar-refractivity contribution in [2.24, 2.45) is 0 Å². The second-order valence-corrected chi connectivity index (χ2v) is 6.66. The van der Waals surface area contributed by atoms with E-state index in [-0.39, 0.29) is 5.78 Å². The van der Waals surface area contributed by atoms with Crippen molar-refractivity contribution in [3.63, 3.8) is 0 Å². The molecule has 0 amide bonds. The molecule has 0 heterocycles. The lowest BCUT2D eigenvalue weighted by molar-refractivity contribution is 0.101. The number of ketones is 1. The molecular formula is C14H9BrCl2OS. The van der Waals surface area contributed by atoms with Crippen LogP contribution in [0, 0.1) is 0 Å². The highest BCUT2D eigenvalue weighted by Gasteiger charge is 2.07. The fraction of sp³-hybridized carbons (Fsp3) is 0.0714. The third-order valence-corrected chi connectivity index (χ3v) is 5.18. The van der Waals surface area contributed by atoms with Crippen LogP contribution in [0.2, 0.25) is 10.0 Å². The smallest absolute Gasteiger partial charge is 0.159 e. The molecule has 0 fully saturated rings. The molecule has 0 radical (unpaired) electrons. The highest BCUT2D eigenvalue weighted by Crippen LogP contribution is 2.36. The number of halogens is 3. The molecule has 0 N–H and O–H groups in total. The first-order valence-corrected chi connectivity index (χ1v) is 7.77. The average Bonchev–Trinajstić information content (AvgIpc) is 2.36. The van der Waals surface area contributed by atoms with Gasteiger partial charge in [-0.05, 0) is 53.2 Å². The Kier molecular flexibility index (Phi) is 4.96. The lowest BCUT2D eigenvalue weighted by atomic mass is 10.2. The molecule has 19 heavy (non-hydrogen) atoms. The van der Waals surface area contributed by atoms with Gasteiger partial charge in [0.1, 0.15) is 0 Å². The number of hydrogen-bond acceptors (Lipinski definition) is 2. The molecule has 2 aromatic carbocycles. The molecule has 0 saturated heterocycles. The van der Waals surface area contributed by atoms with Crippen LogP contribution in [0.1, 0.15) is 17.3 Å². The summed E-state index contributed by atoms with van der Waals surface area (Å²) < 4.78 is 0.885. The van der Waals surface area contributed by atoms with Crippen LogP contribution in [0.5, 0.6) is 0 Å². The summed E-state index contributed by atoms with van der Waals surface area (Å²) in [6.45, 7) is 1.55. The monoisotopic (exact) mass is 374 g/mol. The predicted octanol–water partition coefficient (Wildman–Crippen LogP) is 6.11. The van der Waals surface area contributed by atoms with Gasteiger partial charge < -0.3 is 0 Å². The largest absolute Gasteiger partial charge is 0.295 e. The van der Waals surface area contributed by atoms with Gasteiger partial charge in [0.2, 0.25) is 0 Å². The molecule has 1 nitrogen and oxygen atoms in total. The minimum absolute atomic E-state index is 0.0480. The van der Waals surface area contributed by atoms with E-state index < -0.39 is 0 Å². The van der Waals surface area contributed by atoms with Crippen LogP contribution in [0.15, 0.2) is 50.7 Å². The second kappa shape index (κ2) is 6.31. The first-order chi connectivity index (χ1) is 8.97. The summed E-state index contributed by atoms with van der Waals surface area (Å²) in [5.74, 6) is 0.0480. The van der Waals surface area contributed by atoms with Gasteiger partial charge in [-0.25, -0.2) is 0 Å². The number of rotatable bonds is 3. The summed E-state index contributed by atoms with van der Waals surface area (Å²) >= 11 is 16.9. The summed E-state index contributed by atoms with van der Waals surface area (Å²) in [4.78, 5) is 13.3. The molecule has 0 aliphatic carbocycles. The Labute approximate surface area is 134 Å². The van der Waals surface area contributed by atoms with E-state index in [1.807, 2.05) is 30.3 Å². The summed E-state index contributed by atoms with van der Waals surface area (Å²) in [5, 5.41) is 1.07. The lowest BCUT2D eigenvalue weighted by Crippen LogP contribution is -1.91. The summed E-state index contributed by atoms with van der Waals surface area (Å²) in [6, 6.07) is 11.0. The molecule has 0 aliphatic rings. The van der Waals surface area contributed by atoms with Crippen molar-refractivity contribution in [2.75, 3.05) is 0 Å². The van der Waals surface area contributed by atoms with Crippen LogP contribution in [-0.2, 0) is 0 Å². The minimum Gasteiger partial charge on any atom is -0.295 e. The average molecular weight is 376 g/mol. The molecule has 0 aliphatic heterocycles. The fourth-order valence-electron chi connectivity index (χ4n) is 1.47. The zero-order valence-electron chi connectivity index (χ0n) is 9.91. The normalized spacial score (nSPS) is 10.5. The highest BCUT2D eigenvalue weighted by atomic mass is 79.9. The molecule has 0 atom stereocenters. The molecule has 98 valence electrons. The van der Waals surface area contributed by atoms with Crippen LogP contribution in [0.3, 0.4) is 0 Å². The van der Waals surface area contributed by atoms with E-state index in [1.165, 1.54) is 0 Å². The van der Waals surface area contributed by atoms with E-state index in [0.29, 0.717) is 15.6 Å². The van der Waals surface area contributed by atoms with E-state index in [0.717, 1.165) is 14.3 Å².